The van der Waals surface area contributed by atoms with Crippen LogP contribution in [0.5, 0.6) is 0 Å². The zero-order valence-electron chi connectivity index (χ0n) is 12.1. The maximum absolute atomic E-state index is 12.7. The molecule has 2 heterocycles. The third kappa shape index (κ3) is 2.66. The molecule has 0 aromatic carbocycles. The van der Waals surface area contributed by atoms with E-state index in [1.165, 1.54) is 0 Å². The number of aryl methyl sites for hydroxylation is 2. The second-order valence-corrected chi connectivity index (χ2v) is 5.39. The van der Waals surface area contributed by atoms with Crippen LogP contribution >= 0.6 is 0 Å². The van der Waals surface area contributed by atoms with E-state index in [0.717, 1.165) is 49.2 Å². The number of likely N-dealkylation sites (tertiary alicyclic amines) is 1. The first-order valence-corrected chi connectivity index (χ1v) is 7.07. The maximum atomic E-state index is 12.7. The predicted octanol–water partition coefficient (Wildman–Crippen LogP) is 1.38. The summed E-state index contributed by atoms with van der Waals surface area (Å²) in [6, 6.07) is 0.357. The molecule has 19 heavy (non-hydrogen) atoms. The normalized spacial score (nSPS) is 19.2. The minimum Gasteiger partial charge on any atom is -0.336 e. The highest BCUT2D eigenvalue weighted by atomic mass is 16.2. The fourth-order valence-corrected chi connectivity index (χ4v) is 2.98. The average molecular weight is 264 g/mol. The number of rotatable bonds is 4. The zero-order chi connectivity index (χ0) is 14.0. The minimum absolute atomic E-state index is 0.141. The van der Waals surface area contributed by atoms with Crippen LogP contribution < -0.4 is 5.73 Å². The Morgan fingerprint density at radius 3 is 2.79 bits per heavy atom. The Hall–Kier alpha value is -1.36. The summed E-state index contributed by atoms with van der Waals surface area (Å²) in [5, 5.41) is 4.34. The molecule has 5 nitrogen and oxygen atoms in total. The topological polar surface area (TPSA) is 64.2 Å². The molecule has 1 aromatic heterocycles. The SMILES string of the molecule is Cc1nn(C)c(C)c1C(=O)N1CCCC1CCCN. The van der Waals surface area contributed by atoms with Crippen LogP contribution in [0.3, 0.4) is 0 Å². The van der Waals surface area contributed by atoms with Crippen molar-refractivity contribution < 1.29 is 4.79 Å². The van der Waals surface area contributed by atoms with E-state index in [2.05, 4.69) is 5.10 Å². The molecule has 1 aromatic rings. The highest BCUT2D eigenvalue weighted by Gasteiger charge is 2.31. The van der Waals surface area contributed by atoms with Gasteiger partial charge in [0.25, 0.3) is 5.91 Å². The first-order chi connectivity index (χ1) is 9.06. The lowest BCUT2D eigenvalue weighted by molar-refractivity contribution is 0.0728. The van der Waals surface area contributed by atoms with E-state index in [-0.39, 0.29) is 5.91 Å². The number of nitrogens with two attached hydrogens (primary N) is 1. The monoisotopic (exact) mass is 264 g/mol. The molecular formula is C14H24N4O. The molecule has 106 valence electrons. The van der Waals surface area contributed by atoms with Crippen LogP contribution in [0.2, 0.25) is 0 Å². The van der Waals surface area contributed by atoms with E-state index in [1.807, 2.05) is 25.8 Å². The molecule has 1 atom stereocenters. The molecule has 0 aliphatic carbocycles. The smallest absolute Gasteiger partial charge is 0.257 e. The Bertz CT molecular complexity index is 466. The van der Waals surface area contributed by atoms with Gasteiger partial charge in [-0.25, -0.2) is 0 Å². The van der Waals surface area contributed by atoms with Crippen molar-refractivity contribution in [1.29, 1.82) is 0 Å². The number of amides is 1. The first-order valence-electron chi connectivity index (χ1n) is 7.07. The Morgan fingerprint density at radius 2 is 2.21 bits per heavy atom. The lowest BCUT2D eigenvalue weighted by Crippen LogP contribution is -2.36. The van der Waals surface area contributed by atoms with Gasteiger partial charge in [-0.15, -0.1) is 0 Å². The molecule has 5 heteroatoms. The van der Waals surface area contributed by atoms with Crippen LogP contribution in [0, 0.1) is 13.8 Å². The van der Waals surface area contributed by atoms with Gasteiger partial charge in [0.15, 0.2) is 0 Å². The van der Waals surface area contributed by atoms with Gasteiger partial charge in [0, 0.05) is 25.3 Å². The number of aromatic nitrogens is 2. The Labute approximate surface area is 114 Å². The third-order valence-corrected chi connectivity index (χ3v) is 4.10. The van der Waals surface area contributed by atoms with Crippen LogP contribution in [0.25, 0.3) is 0 Å². The van der Waals surface area contributed by atoms with Gasteiger partial charge in [-0.1, -0.05) is 0 Å². The quantitative estimate of drug-likeness (QED) is 0.893. The summed E-state index contributed by atoms with van der Waals surface area (Å²) in [6.45, 7) is 5.43. The van der Waals surface area contributed by atoms with E-state index < -0.39 is 0 Å². The second kappa shape index (κ2) is 5.74. The predicted molar refractivity (Wildman–Crippen MR) is 75.0 cm³/mol. The molecule has 0 bridgehead atoms. The van der Waals surface area contributed by atoms with Gasteiger partial charge in [0.1, 0.15) is 0 Å². The third-order valence-electron chi connectivity index (χ3n) is 4.10. The Morgan fingerprint density at radius 1 is 1.47 bits per heavy atom. The summed E-state index contributed by atoms with van der Waals surface area (Å²) in [6.07, 6.45) is 4.20. The fraction of sp³-hybridized carbons (Fsp3) is 0.714. The number of carbonyl (C=O) groups excluding carboxylic acids is 1. The molecule has 1 aliphatic rings. The van der Waals surface area contributed by atoms with Gasteiger partial charge < -0.3 is 10.6 Å². The van der Waals surface area contributed by atoms with Gasteiger partial charge in [-0.05, 0) is 46.1 Å². The molecule has 1 unspecified atom stereocenters. The molecule has 0 spiro atoms. The van der Waals surface area contributed by atoms with E-state index in [1.54, 1.807) is 4.68 Å². The highest BCUT2D eigenvalue weighted by Crippen LogP contribution is 2.25. The fourth-order valence-electron chi connectivity index (χ4n) is 2.98. The Balaban J connectivity index is 2.18. The number of nitrogens with zero attached hydrogens (tertiary/aromatic N) is 3. The van der Waals surface area contributed by atoms with Crippen LogP contribution in [-0.2, 0) is 7.05 Å². The van der Waals surface area contributed by atoms with E-state index in [0.29, 0.717) is 12.6 Å². The van der Waals surface area contributed by atoms with Crippen LogP contribution in [0.15, 0.2) is 0 Å². The van der Waals surface area contributed by atoms with Crippen LogP contribution in [0.4, 0.5) is 0 Å². The lowest BCUT2D eigenvalue weighted by Gasteiger charge is -2.24. The van der Waals surface area contributed by atoms with Crippen molar-refractivity contribution in [3.63, 3.8) is 0 Å². The molecular weight excluding hydrogens is 240 g/mol. The average Bonchev–Trinajstić information content (AvgIpc) is 2.92. The summed E-state index contributed by atoms with van der Waals surface area (Å²) in [7, 11) is 1.88. The standard InChI is InChI=1S/C14H24N4O/c1-10-13(11(2)17(3)16-10)14(19)18-9-5-7-12(18)6-4-8-15/h12H,4-9,15H2,1-3H3. The van der Waals surface area contributed by atoms with E-state index in [9.17, 15) is 4.79 Å². The molecule has 2 N–H and O–H groups in total. The van der Waals surface area contributed by atoms with Crippen molar-refractivity contribution in [2.24, 2.45) is 12.8 Å². The number of hydrogen-bond donors (Lipinski definition) is 1. The first kappa shape index (κ1) is 14.1. The summed E-state index contributed by atoms with van der Waals surface area (Å²) in [5.41, 5.74) is 8.13. The lowest BCUT2D eigenvalue weighted by atomic mass is 10.1. The largest absolute Gasteiger partial charge is 0.336 e. The number of carbonyl (C=O) groups is 1. The van der Waals surface area contributed by atoms with Crippen molar-refractivity contribution in [3.05, 3.63) is 17.0 Å². The molecule has 1 saturated heterocycles. The molecule has 2 rings (SSSR count). The summed E-state index contributed by atoms with van der Waals surface area (Å²) >= 11 is 0. The molecule has 1 amide bonds. The van der Waals surface area contributed by atoms with Crippen molar-refractivity contribution in [3.8, 4) is 0 Å². The summed E-state index contributed by atoms with van der Waals surface area (Å²) < 4.78 is 1.79. The molecule has 0 saturated carbocycles. The van der Waals surface area contributed by atoms with Crippen LogP contribution in [0.1, 0.15) is 47.4 Å². The van der Waals surface area contributed by atoms with Gasteiger partial charge in [-0.3, -0.25) is 9.48 Å². The summed E-state index contributed by atoms with van der Waals surface area (Å²) in [5.74, 6) is 0.141. The zero-order valence-corrected chi connectivity index (χ0v) is 12.1. The summed E-state index contributed by atoms with van der Waals surface area (Å²) in [4.78, 5) is 14.7. The maximum Gasteiger partial charge on any atom is 0.257 e. The van der Waals surface area contributed by atoms with E-state index in [4.69, 9.17) is 5.73 Å². The minimum atomic E-state index is 0.141. The second-order valence-electron chi connectivity index (χ2n) is 5.39. The van der Waals surface area contributed by atoms with Crippen LogP contribution in [-0.4, -0.2) is 39.7 Å². The van der Waals surface area contributed by atoms with Crippen molar-refractivity contribution in [1.82, 2.24) is 14.7 Å². The van der Waals surface area contributed by atoms with Gasteiger partial charge in [0.2, 0.25) is 0 Å². The molecule has 1 fully saturated rings. The highest BCUT2D eigenvalue weighted by molar-refractivity contribution is 5.96. The van der Waals surface area contributed by atoms with Gasteiger partial charge in [0.05, 0.1) is 11.3 Å². The van der Waals surface area contributed by atoms with Crippen molar-refractivity contribution >= 4 is 5.91 Å². The Kier molecular flexibility index (Phi) is 4.24. The molecule has 1 aliphatic heterocycles. The van der Waals surface area contributed by atoms with Gasteiger partial charge >= 0.3 is 0 Å². The number of hydrogen-bond acceptors (Lipinski definition) is 3. The van der Waals surface area contributed by atoms with Crippen molar-refractivity contribution in [2.75, 3.05) is 13.1 Å². The van der Waals surface area contributed by atoms with Crippen molar-refractivity contribution in [2.45, 2.75) is 45.6 Å². The van der Waals surface area contributed by atoms with Gasteiger partial charge in [-0.2, -0.15) is 5.10 Å². The molecule has 0 radical (unpaired) electrons. The van der Waals surface area contributed by atoms with E-state index >= 15 is 0 Å².